The summed E-state index contributed by atoms with van der Waals surface area (Å²) >= 11 is 1.90. The predicted octanol–water partition coefficient (Wildman–Crippen LogP) is 6.66. The fourth-order valence-corrected chi connectivity index (χ4v) is 5.79. The molecule has 4 rings (SSSR count). The molecular weight excluding hydrogens is 579 g/mol. The molecule has 0 radical (unpaired) electrons. The van der Waals surface area contributed by atoms with E-state index >= 15 is 0 Å². The third kappa shape index (κ3) is 6.83. The molecule has 1 aliphatic rings. The average molecular weight is 619 g/mol. The van der Waals surface area contributed by atoms with E-state index in [9.17, 15) is 5.11 Å². The van der Waals surface area contributed by atoms with Crippen molar-refractivity contribution in [3.05, 3.63) is 42.5 Å². The number of piperidine rings is 1. The van der Waals surface area contributed by atoms with Gasteiger partial charge in [0.05, 0.1) is 12.3 Å². The van der Waals surface area contributed by atoms with Crippen LogP contribution in [0.3, 0.4) is 0 Å². The van der Waals surface area contributed by atoms with Crippen molar-refractivity contribution in [2.45, 2.75) is 83.5 Å². The fourth-order valence-electron chi connectivity index (χ4n) is 5.57. The number of aromatic hydroxyl groups is 1. The number of hydrogen-bond acceptors (Lipinski definition) is 7. The van der Waals surface area contributed by atoms with E-state index in [0.717, 1.165) is 41.6 Å². The summed E-state index contributed by atoms with van der Waals surface area (Å²) in [5, 5.41) is 25.5. The van der Waals surface area contributed by atoms with Crippen LogP contribution in [0.1, 0.15) is 60.8 Å². The van der Waals surface area contributed by atoms with Gasteiger partial charge in [-0.05, 0) is 102 Å². The molecule has 8 heteroatoms. The summed E-state index contributed by atoms with van der Waals surface area (Å²) in [7, 11) is 2.09. The number of phenols is 1. The Bertz CT molecular complexity index is 1230. The Balaban J connectivity index is 1.54. The normalized spacial score (nSPS) is 17.6. The molecule has 1 aliphatic heterocycles. The van der Waals surface area contributed by atoms with Crippen molar-refractivity contribution < 1.29 is 12.9 Å². The van der Waals surface area contributed by atoms with Crippen molar-refractivity contribution >= 4 is 39.6 Å². The zero-order chi connectivity index (χ0) is 27.0. The Hall–Kier alpha value is -2.17. The van der Waals surface area contributed by atoms with Gasteiger partial charge in [0.15, 0.2) is 5.82 Å². The number of ether oxygens (including phenoxy) is 1. The van der Waals surface area contributed by atoms with Crippen molar-refractivity contribution in [2.75, 3.05) is 18.6 Å². The maximum atomic E-state index is 10.9. The second kappa shape index (κ2) is 10.5. The molecule has 200 valence electrons. The van der Waals surface area contributed by atoms with Gasteiger partial charge in [-0.1, -0.05) is 6.07 Å². The molecule has 2 N–H and O–H groups in total. The van der Waals surface area contributed by atoms with Gasteiger partial charge in [0.25, 0.3) is 0 Å². The number of nitrogens with zero attached hydrogens (tertiary/aromatic N) is 3. The number of aromatic nitrogens is 2. The highest BCUT2D eigenvalue weighted by Gasteiger charge is 2.39. The summed E-state index contributed by atoms with van der Waals surface area (Å²) < 4.78 is 11.3. The smallest absolute Gasteiger partial charge is 0.151 e. The first-order valence-electron chi connectivity index (χ1n) is 12.8. The van der Waals surface area contributed by atoms with Gasteiger partial charge in [0, 0.05) is 36.2 Å². The van der Waals surface area contributed by atoms with E-state index in [1.54, 1.807) is 6.07 Å². The molecule has 0 amide bonds. The summed E-state index contributed by atoms with van der Waals surface area (Å²) in [5.74, 6) is 1.76. The van der Waals surface area contributed by atoms with Crippen LogP contribution in [0.2, 0.25) is 0 Å². The third-order valence-corrected chi connectivity index (χ3v) is 7.55. The number of halogens is 1. The van der Waals surface area contributed by atoms with E-state index in [1.165, 1.54) is 0 Å². The van der Waals surface area contributed by atoms with Crippen LogP contribution in [0.25, 0.3) is 22.0 Å². The highest BCUT2D eigenvalue weighted by Crippen LogP contribution is 2.36. The topological polar surface area (TPSA) is 79.7 Å². The molecule has 0 atom stereocenters. The molecule has 2 heterocycles. The minimum absolute atomic E-state index is 0.0508. The summed E-state index contributed by atoms with van der Waals surface area (Å²) in [5.41, 5.74) is 1.05. The number of phenolic OH excluding ortho intramolecular Hbond substituents is 1. The molecule has 0 unspecified atom stereocenters. The Morgan fingerprint density at radius 1 is 1.03 bits per heavy atom. The van der Waals surface area contributed by atoms with E-state index < -0.39 is 0 Å². The zero-order valence-electron chi connectivity index (χ0n) is 22.9. The number of benzene rings is 2. The van der Waals surface area contributed by atoms with Crippen molar-refractivity contribution in [3.8, 4) is 22.8 Å². The number of nitrogens with one attached hydrogen (secondary N) is 1. The molecule has 3 aromatic rings. The van der Waals surface area contributed by atoms with Crippen molar-refractivity contribution in [2.24, 2.45) is 0 Å². The van der Waals surface area contributed by atoms with Crippen LogP contribution < -0.4 is 15.0 Å². The summed E-state index contributed by atoms with van der Waals surface area (Å²) in [6, 6.07) is 13.9. The van der Waals surface area contributed by atoms with Crippen molar-refractivity contribution in [3.63, 3.8) is 0 Å². The first-order valence-corrected chi connectivity index (χ1v) is 13.7. The average Bonchev–Trinajstić information content (AvgIpc) is 2.80. The SMILES string of the molecule is CN(c1ccc(-c2cc3ccc(OC(C)(C)CCOI)cc3cc2O)nn1)C1CC(C)(C)NC(C)(C)C1. The molecule has 37 heavy (non-hydrogen) atoms. The van der Waals surface area contributed by atoms with E-state index in [1.807, 2.05) is 73.3 Å². The highest BCUT2D eigenvalue weighted by atomic mass is 127. The van der Waals surface area contributed by atoms with Crippen molar-refractivity contribution in [1.82, 2.24) is 15.5 Å². The number of rotatable bonds is 8. The Morgan fingerprint density at radius 3 is 2.35 bits per heavy atom. The number of anilines is 1. The molecule has 0 spiro atoms. The van der Waals surface area contributed by atoms with Crippen molar-refractivity contribution in [1.29, 1.82) is 0 Å². The second-order valence-corrected chi connectivity index (χ2v) is 12.8. The summed E-state index contributed by atoms with van der Waals surface area (Å²) in [6.45, 7) is 13.7. The fraction of sp³-hybridized carbons (Fsp3) is 0.517. The molecule has 0 saturated carbocycles. The minimum Gasteiger partial charge on any atom is -0.507 e. The van der Waals surface area contributed by atoms with Crippen LogP contribution in [0, 0.1) is 0 Å². The van der Waals surface area contributed by atoms with Gasteiger partial charge in [-0.3, -0.25) is 0 Å². The molecule has 1 saturated heterocycles. The van der Waals surface area contributed by atoms with Crippen LogP contribution in [0.4, 0.5) is 5.82 Å². The molecular formula is C29H39IN4O3. The molecule has 0 bridgehead atoms. The largest absolute Gasteiger partial charge is 0.507 e. The molecule has 2 aromatic carbocycles. The van der Waals surface area contributed by atoms with Gasteiger partial charge in [-0.15, -0.1) is 10.2 Å². The van der Waals surface area contributed by atoms with Gasteiger partial charge in [-0.25, -0.2) is 0 Å². The molecule has 1 aromatic heterocycles. The first kappa shape index (κ1) is 27.9. The predicted molar refractivity (Wildman–Crippen MR) is 159 cm³/mol. The van der Waals surface area contributed by atoms with Gasteiger partial charge >= 0.3 is 0 Å². The zero-order valence-corrected chi connectivity index (χ0v) is 25.1. The Labute approximate surface area is 234 Å². The van der Waals surface area contributed by atoms with Gasteiger partial charge in [0.2, 0.25) is 0 Å². The van der Waals surface area contributed by atoms with Crippen LogP contribution in [-0.4, -0.2) is 51.7 Å². The lowest BCUT2D eigenvalue weighted by atomic mass is 9.79. The quantitative estimate of drug-likeness (QED) is 0.274. The van der Waals surface area contributed by atoms with E-state index in [0.29, 0.717) is 23.9 Å². The van der Waals surface area contributed by atoms with Crippen LogP contribution in [-0.2, 0) is 3.07 Å². The Morgan fingerprint density at radius 2 is 1.73 bits per heavy atom. The van der Waals surface area contributed by atoms with Gasteiger partial charge in [0.1, 0.15) is 40.1 Å². The first-order chi connectivity index (χ1) is 17.3. The molecule has 7 nitrogen and oxygen atoms in total. The maximum absolute atomic E-state index is 10.9. The lowest BCUT2D eigenvalue weighted by molar-refractivity contribution is 0.0879. The lowest BCUT2D eigenvalue weighted by Crippen LogP contribution is -2.62. The second-order valence-electron chi connectivity index (χ2n) is 12.1. The van der Waals surface area contributed by atoms with E-state index in [-0.39, 0.29) is 22.4 Å². The number of fused-ring (bicyclic) bond motifs is 1. The van der Waals surface area contributed by atoms with Crippen LogP contribution in [0.15, 0.2) is 42.5 Å². The van der Waals surface area contributed by atoms with E-state index in [4.69, 9.17) is 7.80 Å². The van der Waals surface area contributed by atoms with Gasteiger partial charge in [-0.2, -0.15) is 0 Å². The molecule has 0 aliphatic carbocycles. The highest BCUT2D eigenvalue weighted by molar-refractivity contribution is 14.1. The standard InChI is InChI=1S/C29H39IN4O3/c1-27(2)17-21(18-28(3,4)33-27)34(7)26-11-10-24(31-32-26)23-15-19-8-9-22(14-20(19)16-25(23)35)37-29(5,6)12-13-36-30/h8-11,14-16,21,33,35H,12-13,17-18H2,1-7H3. The monoisotopic (exact) mass is 618 g/mol. The minimum atomic E-state index is -0.356. The van der Waals surface area contributed by atoms with Gasteiger partial charge < -0.3 is 23.1 Å². The number of hydrogen-bond donors (Lipinski definition) is 2. The summed E-state index contributed by atoms with van der Waals surface area (Å²) in [4.78, 5) is 2.23. The van der Waals surface area contributed by atoms with Crippen LogP contribution >= 0.6 is 23.0 Å². The summed E-state index contributed by atoms with van der Waals surface area (Å²) in [6.07, 6.45) is 2.82. The Kier molecular flexibility index (Phi) is 7.93. The lowest BCUT2D eigenvalue weighted by Gasteiger charge is -2.49. The molecule has 1 fully saturated rings. The van der Waals surface area contributed by atoms with E-state index in [2.05, 4.69) is 55.2 Å². The maximum Gasteiger partial charge on any atom is 0.151 e. The third-order valence-electron chi connectivity index (χ3n) is 7.11. The van der Waals surface area contributed by atoms with Crippen LogP contribution in [0.5, 0.6) is 11.5 Å².